The Bertz CT molecular complexity index is 725. The van der Waals surface area contributed by atoms with E-state index in [1.54, 1.807) is 42.7 Å². The Balaban J connectivity index is 1.60. The van der Waals surface area contributed by atoms with E-state index in [4.69, 9.17) is 5.73 Å². The van der Waals surface area contributed by atoms with E-state index in [9.17, 15) is 9.59 Å². The first kappa shape index (κ1) is 16.1. The van der Waals surface area contributed by atoms with E-state index >= 15 is 0 Å². The van der Waals surface area contributed by atoms with Crippen molar-refractivity contribution in [2.24, 2.45) is 5.73 Å². The Morgan fingerprint density at radius 3 is 2.42 bits per heavy atom. The molecule has 0 spiro atoms. The summed E-state index contributed by atoms with van der Waals surface area (Å²) in [7, 11) is 0. The lowest BCUT2D eigenvalue weighted by atomic mass is 9.82. The van der Waals surface area contributed by atoms with E-state index < -0.39 is 5.91 Å². The van der Waals surface area contributed by atoms with E-state index in [0.717, 1.165) is 31.4 Å². The predicted octanol–water partition coefficient (Wildman–Crippen LogP) is 2.03. The summed E-state index contributed by atoms with van der Waals surface area (Å²) in [6.45, 7) is 0. The predicted molar refractivity (Wildman–Crippen MR) is 89.5 cm³/mol. The van der Waals surface area contributed by atoms with Gasteiger partial charge in [-0.3, -0.25) is 19.6 Å². The first-order valence-corrected chi connectivity index (χ1v) is 8.11. The van der Waals surface area contributed by atoms with Crippen LogP contribution in [0.5, 0.6) is 0 Å². The lowest BCUT2D eigenvalue weighted by Gasteiger charge is -2.29. The van der Waals surface area contributed by atoms with Crippen molar-refractivity contribution in [3.8, 4) is 0 Å². The largest absolute Gasteiger partial charge is 0.366 e. The molecule has 1 aliphatic carbocycles. The zero-order chi connectivity index (χ0) is 16.9. The minimum absolute atomic E-state index is 0.122. The van der Waals surface area contributed by atoms with E-state index in [2.05, 4.69) is 15.3 Å². The maximum absolute atomic E-state index is 12.2. The van der Waals surface area contributed by atoms with Crippen LogP contribution in [0.1, 0.15) is 58.1 Å². The molecule has 0 aromatic carbocycles. The molecule has 1 saturated carbocycles. The van der Waals surface area contributed by atoms with Gasteiger partial charge in [0.25, 0.3) is 11.8 Å². The Kier molecular flexibility index (Phi) is 4.84. The summed E-state index contributed by atoms with van der Waals surface area (Å²) in [6.07, 6.45) is 6.72. The molecule has 2 heterocycles. The van der Waals surface area contributed by atoms with Gasteiger partial charge in [-0.25, -0.2) is 0 Å². The minimum atomic E-state index is -0.441. The van der Waals surface area contributed by atoms with Crippen LogP contribution in [0.15, 0.2) is 42.7 Å². The van der Waals surface area contributed by atoms with E-state index in [-0.39, 0.29) is 17.9 Å². The lowest BCUT2D eigenvalue weighted by Crippen LogP contribution is -2.38. The van der Waals surface area contributed by atoms with Crippen LogP contribution in [0.25, 0.3) is 0 Å². The van der Waals surface area contributed by atoms with Crippen LogP contribution >= 0.6 is 0 Å². The fourth-order valence-corrected chi connectivity index (χ4v) is 3.22. The summed E-state index contributed by atoms with van der Waals surface area (Å²) >= 11 is 0. The summed E-state index contributed by atoms with van der Waals surface area (Å²) in [4.78, 5) is 32.1. The Hall–Kier alpha value is -2.76. The highest BCUT2D eigenvalue weighted by atomic mass is 16.2. The number of hydrogen-bond acceptors (Lipinski definition) is 4. The molecule has 0 aliphatic heterocycles. The van der Waals surface area contributed by atoms with E-state index in [1.165, 1.54) is 0 Å². The Labute approximate surface area is 140 Å². The van der Waals surface area contributed by atoms with Gasteiger partial charge in [0.15, 0.2) is 0 Å². The number of carbonyl (C=O) groups is 2. The van der Waals surface area contributed by atoms with Gasteiger partial charge in [-0.1, -0.05) is 6.07 Å². The number of amides is 2. The topological polar surface area (TPSA) is 98.0 Å². The quantitative estimate of drug-likeness (QED) is 0.899. The highest BCUT2D eigenvalue weighted by molar-refractivity contribution is 5.94. The Morgan fingerprint density at radius 1 is 1.00 bits per heavy atom. The molecule has 3 N–H and O–H groups in total. The zero-order valence-corrected chi connectivity index (χ0v) is 13.3. The van der Waals surface area contributed by atoms with Gasteiger partial charge in [-0.15, -0.1) is 0 Å². The van der Waals surface area contributed by atoms with Crippen molar-refractivity contribution in [2.45, 2.75) is 37.6 Å². The lowest BCUT2D eigenvalue weighted by molar-refractivity contribution is 0.0920. The monoisotopic (exact) mass is 324 g/mol. The number of nitrogens with one attached hydrogen (secondary N) is 1. The molecule has 2 amide bonds. The number of nitrogens with zero attached hydrogens (tertiary/aromatic N) is 2. The van der Waals surface area contributed by atoms with Crippen LogP contribution in [0.4, 0.5) is 0 Å². The molecule has 1 fully saturated rings. The van der Waals surface area contributed by atoms with Crippen molar-refractivity contribution in [3.05, 3.63) is 59.7 Å². The van der Waals surface area contributed by atoms with Gasteiger partial charge < -0.3 is 11.1 Å². The smallest absolute Gasteiger partial charge is 0.270 e. The van der Waals surface area contributed by atoms with Gasteiger partial charge in [0.1, 0.15) is 5.69 Å². The van der Waals surface area contributed by atoms with Gasteiger partial charge in [0, 0.05) is 24.4 Å². The molecular weight excluding hydrogens is 304 g/mol. The molecule has 0 unspecified atom stereocenters. The van der Waals surface area contributed by atoms with Crippen LogP contribution in [0, 0.1) is 0 Å². The fourth-order valence-electron chi connectivity index (χ4n) is 3.22. The summed E-state index contributed by atoms with van der Waals surface area (Å²) in [5.41, 5.74) is 7.14. The number of primary amides is 1. The molecular formula is C18H20N4O2. The third-order valence-corrected chi connectivity index (χ3v) is 4.45. The van der Waals surface area contributed by atoms with E-state index in [1.807, 2.05) is 0 Å². The van der Waals surface area contributed by atoms with Crippen molar-refractivity contribution in [2.75, 3.05) is 0 Å². The van der Waals surface area contributed by atoms with Crippen LogP contribution in [-0.2, 0) is 0 Å². The van der Waals surface area contributed by atoms with Crippen molar-refractivity contribution in [1.29, 1.82) is 0 Å². The molecule has 2 aromatic rings. The molecule has 6 nitrogen and oxygen atoms in total. The minimum Gasteiger partial charge on any atom is -0.366 e. The van der Waals surface area contributed by atoms with Crippen LogP contribution in [-0.4, -0.2) is 27.8 Å². The van der Waals surface area contributed by atoms with Gasteiger partial charge in [0.2, 0.25) is 0 Å². The summed E-state index contributed by atoms with van der Waals surface area (Å²) in [5, 5.41) is 3.03. The van der Waals surface area contributed by atoms with E-state index in [0.29, 0.717) is 11.3 Å². The molecule has 0 saturated heterocycles. The molecule has 0 atom stereocenters. The number of aromatic nitrogens is 2. The summed E-state index contributed by atoms with van der Waals surface area (Å²) < 4.78 is 0. The van der Waals surface area contributed by atoms with Crippen LogP contribution < -0.4 is 11.1 Å². The second-order valence-corrected chi connectivity index (χ2v) is 6.04. The number of nitrogens with two attached hydrogens (primary N) is 1. The molecule has 6 heteroatoms. The van der Waals surface area contributed by atoms with Gasteiger partial charge >= 0.3 is 0 Å². The number of pyridine rings is 2. The molecule has 124 valence electrons. The second-order valence-electron chi connectivity index (χ2n) is 6.04. The molecule has 3 rings (SSSR count). The molecule has 2 aromatic heterocycles. The van der Waals surface area contributed by atoms with Crippen molar-refractivity contribution in [1.82, 2.24) is 15.3 Å². The zero-order valence-electron chi connectivity index (χ0n) is 13.3. The summed E-state index contributed by atoms with van der Waals surface area (Å²) in [5.74, 6) is -0.380. The third kappa shape index (κ3) is 3.59. The number of carbonyl (C=O) groups excluding carboxylic acids is 2. The molecule has 0 bridgehead atoms. The van der Waals surface area contributed by atoms with Gasteiger partial charge in [-0.05, 0) is 49.9 Å². The standard InChI is InChI=1S/C18H20N4O2/c19-17(23)14-4-3-11-21-16(14)12-6-8-13(9-7-12)22-18(24)15-5-1-2-10-20-15/h1-5,10-13H,6-9H2,(H2,19,23)(H,22,24). The third-order valence-electron chi connectivity index (χ3n) is 4.45. The van der Waals surface area contributed by atoms with Crippen molar-refractivity contribution >= 4 is 11.8 Å². The van der Waals surface area contributed by atoms with Crippen molar-refractivity contribution in [3.63, 3.8) is 0 Å². The number of hydrogen-bond donors (Lipinski definition) is 2. The highest BCUT2D eigenvalue weighted by Crippen LogP contribution is 2.33. The first-order valence-electron chi connectivity index (χ1n) is 8.11. The maximum Gasteiger partial charge on any atom is 0.270 e. The maximum atomic E-state index is 12.2. The molecule has 0 radical (unpaired) electrons. The fraction of sp³-hybridized carbons (Fsp3) is 0.333. The Morgan fingerprint density at radius 2 is 1.75 bits per heavy atom. The highest BCUT2D eigenvalue weighted by Gasteiger charge is 2.27. The average Bonchev–Trinajstić information content (AvgIpc) is 2.63. The number of rotatable bonds is 4. The normalized spacial score (nSPS) is 20.3. The average molecular weight is 324 g/mol. The summed E-state index contributed by atoms with van der Waals surface area (Å²) in [6, 6.07) is 8.85. The van der Waals surface area contributed by atoms with Gasteiger partial charge in [0.05, 0.1) is 11.3 Å². The molecule has 1 aliphatic rings. The second kappa shape index (κ2) is 7.21. The van der Waals surface area contributed by atoms with Crippen LogP contribution in [0.3, 0.4) is 0 Å². The molecule has 24 heavy (non-hydrogen) atoms. The first-order chi connectivity index (χ1) is 11.6. The SMILES string of the molecule is NC(=O)c1cccnc1C1CCC(NC(=O)c2ccccn2)CC1. The van der Waals surface area contributed by atoms with Crippen molar-refractivity contribution < 1.29 is 9.59 Å². The van der Waals surface area contributed by atoms with Crippen LogP contribution in [0.2, 0.25) is 0 Å². The van der Waals surface area contributed by atoms with Gasteiger partial charge in [-0.2, -0.15) is 0 Å².